The van der Waals surface area contributed by atoms with E-state index in [-0.39, 0.29) is 18.4 Å². The van der Waals surface area contributed by atoms with Gasteiger partial charge < -0.3 is 10.0 Å². The summed E-state index contributed by atoms with van der Waals surface area (Å²) in [5.74, 6) is -0.928. The van der Waals surface area contributed by atoms with Gasteiger partial charge in [0.15, 0.2) is 0 Å². The average molecular weight is 485 g/mol. The molecule has 0 radical (unpaired) electrons. The zero-order valence-corrected chi connectivity index (χ0v) is 19.6. The predicted molar refractivity (Wildman–Crippen MR) is 131 cm³/mol. The average Bonchev–Trinajstić information content (AvgIpc) is 2.83. The first-order chi connectivity index (χ1) is 15.4. The van der Waals surface area contributed by atoms with Gasteiger partial charge in [0.05, 0.1) is 10.5 Å². The van der Waals surface area contributed by atoms with Gasteiger partial charge in [0.1, 0.15) is 0 Å². The molecule has 3 aromatic carbocycles. The fourth-order valence-corrected chi connectivity index (χ4v) is 6.50. The van der Waals surface area contributed by atoms with Gasteiger partial charge in [-0.05, 0) is 48.2 Å². The van der Waals surface area contributed by atoms with Gasteiger partial charge >= 0.3 is 5.97 Å². The number of carbonyl (C=O) groups is 1. The molecule has 0 bridgehead atoms. The second kappa shape index (κ2) is 9.17. The molecule has 33 heavy (non-hydrogen) atoms. The molecule has 0 aromatic heterocycles. The highest BCUT2D eigenvalue weighted by Gasteiger charge is 2.37. The third-order valence-corrected chi connectivity index (χ3v) is 8.34. The zero-order valence-electron chi connectivity index (χ0n) is 17.9. The zero-order chi connectivity index (χ0) is 22.3. The number of carboxylic acids is 1. The number of halogens is 1. The van der Waals surface area contributed by atoms with E-state index in [0.29, 0.717) is 35.7 Å². The molecule has 0 aliphatic carbocycles. The topological polar surface area (TPSA) is 77.9 Å². The molecular weight excluding hydrogens is 460 g/mol. The van der Waals surface area contributed by atoms with Crippen molar-refractivity contribution in [1.82, 2.24) is 4.31 Å². The highest BCUT2D eigenvalue weighted by Crippen LogP contribution is 2.36. The van der Waals surface area contributed by atoms with Crippen molar-refractivity contribution in [2.45, 2.75) is 23.8 Å². The van der Waals surface area contributed by atoms with Crippen molar-refractivity contribution in [3.63, 3.8) is 0 Å². The maximum absolute atomic E-state index is 13.7. The molecule has 0 saturated carbocycles. The first kappa shape index (κ1) is 23.3. The minimum absolute atomic E-state index is 0. The van der Waals surface area contributed by atoms with Crippen molar-refractivity contribution >= 4 is 34.1 Å². The number of benzene rings is 3. The van der Waals surface area contributed by atoms with Crippen LogP contribution in [0.5, 0.6) is 0 Å². The summed E-state index contributed by atoms with van der Waals surface area (Å²) in [6.45, 7) is 1.39. The summed E-state index contributed by atoms with van der Waals surface area (Å²) >= 11 is 0. The summed E-state index contributed by atoms with van der Waals surface area (Å²) in [6, 6.07) is 22.1. The number of hydrogen-bond donors (Lipinski definition) is 1. The number of nitrogens with zero attached hydrogens (tertiary/aromatic N) is 2. The standard InChI is InChI=1S/C25H24N2O4S.ClH/c28-25(29)20-11-13-23-19(16-20)10-12-21-17-26(14-15-27(21)23)32(30,31)24-9-5-4-8-22(24)18-6-2-1-3-7-18;/h1-9,11,13,16,21H,10,12,14-15,17H2,(H,28,29);1H/t21-;/m0./s1. The molecule has 172 valence electrons. The molecule has 2 heterocycles. The summed E-state index contributed by atoms with van der Waals surface area (Å²) in [4.78, 5) is 13.9. The van der Waals surface area contributed by atoms with Crippen LogP contribution >= 0.6 is 12.4 Å². The lowest BCUT2D eigenvalue weighted by Crippen LogP contribution is -2.56. The summed E-state index contributed by atoms with van der Waals surface area (Å²) in [5.41, 5.74) is 3.93. The highest BCUT2D eigenvalue weighted by molar-refractivity contribution is 7.89. The molecule has 0 unspecified atom stereocenters. The van der Waals surface area contributed by atoms with Crippen LogP contribution in [0, 0.1) is 0 Å². The molecular formula is C25H25ClN2O4S. The van der Waals surface area contributed by atoms with Crippen LogP contribution in [0.4, 0.5) is 5.69 Å². The van der Waals surface area contributed by atoms with Gasteiger partial charge in [0.25, 0.3) is 0 Å². The van der Waals surface area contributed by atoms with Crippen molar-refractivity contribution in [3.8, 4) is 11.1 Å². The second-order valence-electron chi connectivity index (χ2n) is 8.26. The summed E-state index contributed by atoms with van der Waals surface area (Å²) in [7, 11) is -3.66. The van der Waals surface area contributed by atoms with Gasteiger partial charge in [-0.25, -0.2) is 13.2 Å². The van der Waals surface area contributed by atoms with Gasteiger partial charge in [0.2, 0.25) is 10.0 Å². The fourth-order valence-electron chi connectivity index (χ4n) is 4.82. The third-order valence-electron chi connectivity index (χ3n) is 6.42. The predicted octanol–water partition coefficient (Wildman–Crippen LogP) is 4.30. The first-order valence-corrected chi connectivity index (χ1v) is 12.2. The molecule has 0 spiro atoms. The van der Waals surface area contributed by atoms with Crippen molar-refractivity contribution < 1.29 is 18.3 Å². The van der Waals surface area contributed by atoms with E-state index in [1.54, 1.807) is 28.6 Å². The Hall–Kier alpha value is -2.87. The third kappa shape index (κ3) is 4.24. The van der Waals surface area contributed by atoms with Crippen LogP contribution in [-0.4, -0.2) is 49.5 Å². The van der Waals surface area contributed by atoms with Crippen LogP contribution in [-0.2, 0) is 16.4 Å². The highest BCUT2D eigenvalue weighted by atomic mass is 35.5. The lowest BCUT2D eigenvalue weighted by Gasteiger charge is -2.45. The summed E-state index contributed by atoms with van der Waals surface area (Å²) < 4.78 is 28.9. The van der Waals surface area contributed by atoms with Crippen molar-refractivity contribution in [2.75, 3.05) is 24.5 Å². The maximum Gasteiger partial charge on any atom is 0.335 e. The van der Waals surface area contributed by atoms with E-state index in [1.165, 1.54) is 0 Å². The molecule has 1 fully saturated rings. The van der Waals surface area contributed by atoms with Crippen LogP contribution in [0.2, 0.25) is 0 Å². The number of anilines is 1. The fraction of sp³-hybridized carbons (Fsp3) is 0.240. The molecule has 3 aromatic rings. The number of rotatable bonds is 4. The number of carboxylic acid groups (broad SMARTS) is 1. The molecule has 6 nitrogen and oxygen atoms in total. The molecule has 1 atom stereocenters. The van der Waals surface area contributed by atoms with E-state index in [2.05, 4.69) is 4.90 Å². The largest absolute Gasteiger partial charge is 0.478 e. The number of piperazine rings is 1. The Morgan fingerprint density at radius 1 is 0.939 bits per heavy atom. The summed E-state index contributed by atoms with van der Waals surface area (Å²) in [5, 5.41) is 9.27. The van der Waals surface area contributed by atoms with Gasteiger partial charge in [0, 0.05) is 36.9 Å². The van der Waals surface area contributed by atoms with Crippen molar-refractivity contribution in [2.24, 2.45) is 0 Å². The smallest absolute Gasteiger partial charge is 0.335 e. The Kier molecular flexibility index (Phi) is 6.47. The Morgan fingerprint density at radius 2 is 1.67 bits per heavy atom. The van der Waals surface area contributed by atoms with Crippen LogP contribution in [0.3, 0.4) is 0 Å². The maximum atomic E-state index is 13.7. The summed E-state index contributed by atoms with van der Waals surface area (Å²) in [6.07, 6.45) is 1.54. The van der Waals surface area contributed by atoms with Crippen molar-refractivity contribution in [3.05, 3.63) is 83.9 Å². The number of aromatic carboxylic acids is 1. The number of sulfonamides is 1. The lowest BCUT2D eigenvalue weighted by atomic mass is 9.93. The first-order valence-electron chi connectivity index (χ1n) is 10.7. The Bertz CT molecular complexity index is 1280. The van der Waals surface area contributed by atoms with Gasteiger partial charge in [-0.2, -0.15) is 4.31 Å². The van der Waals surface area contributed by atoms with Crippen LogP contribution < -0.4 is 4.90 Å². The quantitative estimate of drug-likeness (QED) is 0.597. The van der Waals surface area contributed by atoms with Crippen LogP contribution in [0.25, 0.3) is 11.1 Å². The van der Waals surface area contributed by atoms with Gasteiger partial charge in [-0.15, -0.1) is 12.4 Å². The van der Waals surface area contributed by atoms with E-state index in [1.807, 2.05) is 48.5 Å². The number of hydrogen-bond acceptors (Lipinski definition) is 4. The Labute approximate surface area is 199 Å². The number of fused-ring (bicyclic) bond motifs is 3. The monoisotopic (exact) mass is 484 g/mol. The molecule has 2 aliphatic heterocycles. The normalized spacial score (nSPS) is 18.1. The van der Waals surface area contributed by atoms with Gasteiger partial charge in [-0.1, -0.05) is 48.5 Å². The SMILES string of the molecule is Cl.O=C(O)c1ccc2c(c1)CC[C@H]1CN(S(=O)(=O)c3ccccc3-c3ccccc3)CCN21. The van der Waals surface area contributed by atoms with E-state index in [4.69, 9.17) is 0 Å². The lowest BCUT2D eigenvalue weighted by molar-refractivity contribution is 0.0696. The Balaban J connectivity index is 0.00000259. The molecule has 0 amide bonds. The van der Waals surface area contributed by atoms with E-state index in [9.17, 15) is 18.3 Å². The second-order valence-corrected chi connectivity index (χ2v) is 10.2. The van der Waals surface area contributed by atoms with Crippen molar-refractivity contribution in [1.29, 1.82) is 0 Å². The molecule has 5 rings (SSSR count). The van der Waals surface area contributed by atoms with Gasteiger partial charge in [-0.3, -0.25) is 0 Å². The minimum atomic E-state index is -3.66. The molecule has 8 heteroatoms. The van der Waals surface area contributed by atoms with Crippen LogP contribution in [0.1, 0.15) is 22.3 Å². The molecule has 1 saturated heterocycles. The van der Waals surface area contributed by atoms with Crippen LogP contribution in [0.15, 0.2) is 77.7 Å². The molecule has 1 N–H and O–H groups in total. The number of aryl methyl sites for hydroxylation is 1. The minimum Gasteiger partial charge on any atom is -0.478 e. The molecule has 2 aliphatic rings. The van der Waals surface area contributed by atoms with E-state index < -0.39 is 16.0 Å². The van der Waals surface area contributed by atoms with E-state index in [0.717, 1.165) is 29.7 Å². The Morgan fingerprint density at radius 3 is 2.42 bits per heavy atom. The van der Waals surface area contributed by atoms with E-state index >= 15 is 0 Å².